The van der Waals surface area contributed by atoms with E-state index >= 15 is 0 Å². The van der Waals surface area contributed by atoms with Gasteiger partial charge >= 0.3 is 0 Å². The summed E-state index contributed by atoms with van der Waals surface area (Å²) in [7, 11) is 0. The Bertz CT molecular complexity index is 454. The van der Waals surface area contributed by atoms with Crippen LogP contribution in [0.5, 0.6) is 5.75 Å². The molecule has 0 N–H and O–H groups in total. The molecule has 0 bridgehead atoms. The van der Waals surface area contributed by atoms with E-state index in [9.17, 15) is 4.39 Å². The smallest absolute Gasteiger partial charge is 0.126 e. The molecule has 0 spiro atoms. The third kappa shape index (κ3) is 2.59. The van der Waals surface area contributed by atoms with Crippen molar-refractivity contribution in [3.05, 3.63) is 48.0 Å². The zero-order valence-electron chi connectivity index (χ0n) is 9.06. The molecule has 1 aromatic carbocycles. The maximum absolute atomic E-state index is 13.0. The topological polar surface area (TPSA) is 27.1 Å². The summed E-state index contributed by atoms with van der Waals surface area (Å²) in [5.74, 6) is 0.477. The Kier molecular flexibility index (Phi) is 3.19. The first-order valence-corrected chi connectivity index (χ1v) is 5.12. The SMILES string of the molecule is Cc1cc(OCCn2cccn2)ccc1F. The Labute approximate surface area is 93.5 Å². The molecule has 0 saturated carbocycles. The van der Waals surface area contributed by atoms with E-state index in [1.807, 2.05) is 12.3 Å². The number of benzene rings is 1. The highest BCUT2D eigenvalue weighted by Crippen LogP contribution is 2.15. The molecule has 2 aromatic rings. The molecule has 16 heavy (non-hydrogen) atoms. The summed E-state index contributed by atoms with van der Waals surface area (Å²) in [5.41, 5.74) is 0.594. The van der Waals surface area contributed by atoms with Crippen LogP contribution in [0.2, 0.25) is 0 Å². The van der Waals surface area contributed by atoms with Crippen LogP contribution in [0.4, 0.5) is 4.39 Å². The Balaban J connectivity index is 1.87. The van der Waals surface area contributed by atoms with Crippen molar-refractivity contribution in [3.8, 4) is 5.75 Å². The molecule has 1 heterocycles. The fourth-order valence-corrected chi connectivity index (χ4v) is 1.40. The minimum absolute atomic E-state index is 0.209. The van der Waals surface area contributed by atoms with Gasteiger partial charge in [0.15, 0.2) is 0 Å². The quantitative estimate of drug-likeness (QED) is 0.791. The standard InChI is InChI=1S/C12H13FN2O/c1-10-9-11(3-4-12(10)13)16-8-7-15-6-2-5-14-15/h2-6,9H,7-8H2,1H3. The van der Waals surface area contributed by atoms with Crippen molar-refractivity contribution < 1.29 is 9.13 Å². The lowest BCUT2D eigenvalue weighted by Crippen LogP contribution is -2.08. The average molecular weight is 220 g/mol. The van der Waals surface area contributed by atoms with Crippen molar-refractivity contribution in [2.75, 3.05) is 6.61 Å². The third-order valence-electron chi connectivity index (χ3n) is 2.28. The first-order valence-electron chi connectivity index (χ1n) is 5.12. The van der Waals surface area contributed by atoms with E-state index in [1.165, 1.54) is 6.07 Å². The van der Waals surface area contributed by atoms with Crippen molar-refractivity contribution in [2.24, 2.45) is 0 Å². The van der Waals surface area contributed by atoms with Gasteiger partial charge in [-0.05, 0) is 36.8 Å². The van der Waals surface area contributed by atoms with Gasteiger partial charge in [-0.2, -0.15) is 5.10 Å². The highest BCUT2D eigenvalue weighted by Gasteiger charge is 1.99. The van der Waals surface area contributed by atoms with Crippen LogP contribution in [0.25, 0.3) is 0 Å². The lowest BCUT2D eigenvalue weighted by atomic mass is 10.2. The second-order valence-electron chi connectivity index (χ2n) is 3.53. The fourth-order valence-electron chi connectivity index (χ4n) is 1.40. The number of nitrogens with zero attached hydrogens (tertiary/aromatic N) is 2. The van der Waals surface area contributed by atoms with Gasteiger partial charge in [0.2, 0.25) is 0 Å². The van der Waals surface area contributed by atoms with E-state index < -0.39 is 0 Å². The predicted molar refractivity (Wildman–Crippen MR) is 58.9 cm³/mol. The zero-order valence-corrected chi connectivity index (χ0v) is 9.06. The maximum Gasteiger partial charge on any atom is 0.126 e. The van der Waals surface area contributed by atoms with Gasteiger partial charge < -0.3 is 4.74 Å². The highest BCUT2D eigenvalue weighted by atomic mass is 19.1. The van der Waals surface area contributed by atoms with Crippen molar-refractivity contribution in [3.63, 3.8) is 0 Å². The van der Waals surface area contributed by atoms with Crippen LogP contribution in [0, 0.1) is 12.7 Å². The van der Waals surface area contributed by atoms with Crippen LogP contribution in [-0.4, -0.2) is 16.4 Å². The van der Waals surface area contributed by atoms with E-state index in [0.717, 1.165) is 0 Å². The van der Waals surface area contributed by atoms with Gasteiger partial charge in [0.25, 0.3) is 0 Å². The van der Waals surface area contributed by atoms with Crippen LogP contribution in [0.1, 0.15) is 5.56 Å². The molecule has 0 amide bonds. The predicted octanol–water partition coefficient (Wildman–Crippen LogP) is 2.41. The molecule has 84 valence electrons. The summed E-state index contributed by atoms with van der Waals surface area (Å²) >= 11 is 0. The molecule has 2 rings (SSSR count). The van der Waals surface area contributed by atoms with E-state index in [2.05, 4.69) is 5.10 Å². The fraction of sp³-hybridized carbons (Fsp3) is 0.250. The second-order valence-corrected chi connectivity index (χ2v) is 3.53. The maximum atomic E-state index is 13.0. The zero-order chi connectivity index (χ0) is 11.4. The minimum Gasteiger partial charge on any atom is -0.492 e. The summed E-state index contributed by atoms with van der Waals surface area (Å²) < 4.78 is 20.3. The molecule has 0 aliphatic carbocycles. The van der Waals surface area contributed by atoms with Crippen LogP contribution in [0.3, 0.4) is 0 Å². The van der Waals surface area contributed by atoms with Gasteiger partial charge in [0.05, 0.1) is 6.54 Å². The number of aryl methyl sites for hydroxylation is 1. The molecule has 1 aromatic heterocycles. The van der Waals surface area contributed by atoms with Gasteiger partial charge in [-0.1, -0.05) is 0 Å². The Morgan fingerprint density at radius 2 is 2.31 bits per heavy atom. The van der Waals surface area contributed by atoms with E-state index in [4.69, 9.17) is 4.74 Å². The van der Waals surface area contributed by atoms with Crippen LogP contribution in [-0.2, 0) is 6.54 Å². The molecule has 0 radical (unpaired) electrons. The number of aromatic nitrogens is 2. The molecule has 0 saturated heterocycles. The molecule has 0 aliphatic heterocycles. The second kappa shape index (κ2) is 4.79. The number of hydrogen-bond acceptors (Lipinski definition) is 2. The summed E-state index contributed by atoms with van der Waals surface area (Å²) in [6.45, 7) is 2.92. The largest absolute Gasteiger partial charge is 0.492 e. The minimum atomic E-state index is -0.209. The molecule has 0 atom stereocenters. The summed E-state index contributed by atoms with van der Waals surface area (Å²) in [4.78, 5) is 0. The van der Waals surface area contributed by atoms with Crippen LogP contribution < -0.4 is 4.74 Å². The Hall–Kier alpha value is -1.84. The van der Waals surface area contributed by atoms with Crippen LogP contribution >= 0.6 is 0 Å². The molecule has 4 heteroatoms. The first kappa shape index (κ1) is 10.7. The Morgan fingerprint density at radius 1 is 1.44 bits per heavy atom. The molecular weight excluding hydrogens is 207 g/mol. The third-order valence-corrected chi connectivity index (χ3v) is 2.28. The molecule has 3 nitrogen and oxygen atoms in total. The lowest BCUT2D eigenvalue weighted by molar-refractivity contribution is 0.290. The monoisotopic (exact) mass is 220 g/mol. The summed E-state index contributed by atoms with van der Waals surface area (Å²) in [6, 6.07) is 6.60. The molecular formula is C12H13FN2O. The lowest BCUT2D eigenvalue weighted by Gasteiger charge is -2.07. The van der Waals surface area contributed by atoms with E-state index in [-0.39, 0.29) is 5.82 Å². The van der Waals surface area contributed by atoms with Gasteiger partial charge in [0.1, 0.15) is 18.2 Å². The van der Waals surface area contributed by atoms with E-state index in [1.54, 1.807) is 29.9 Å². The normalized spacial score (nSPS) is 10.4. The van der Waals surface area contributed by atoms with Gasteiger partial charge in [-0.15, -0.1) is 0 Å². The van der Waals surface area contributed by atoms with Gasteiger partial charge in [-0.25, -0.2) is 4.39 Å². The summed E-state index contributed by atoms with van der Waals surface area (Å²) in [6.07, 6.45) is 3.60. The molecule has 0 fully saturated rings. The van der Waals surface area contributed by atoms with Crippen molar-refractivity contribution in [1.82, 2.24) is 9.78 Å². The van der Waals surface area contributed by atoms with Gasteiger partial charge in [0, 0.05) is 12.4 Å². The number of ether oxygens (including phenoxy) is 1. The Morgan fingerprint density at radius 3 is 3.00 bits per heavy atom. The summed E-state index contributed by atoms with van der Waals surface area (Å²) in [5, 5.41) is 4.06. The number of hydrogen-bond donors (Lipinski definition) is 0. The van der Waals surface area contributed by atoms with E-state index in [0.29, 0.717) is 24.5 Å². The first-order chi connectivity index (χ1) is 7.75. The van der Waals surface area contributed by atoms with Crippen molar-refractivity contribution in [1.29, 1.82) is 0 Å². The average Bonchev–Trinajstić information content (AvgIpc) is 2.76. The van der Waals surface area contributed by atoms with Crippen LogP contribution in [0.15, 0.2) is 36.7 Å². The van der Waals surface area contributed by atoms with Gasteiger partial charge in [-0.3, -0.25) is 4.68 Å². The van der Waals surface area contributed by atoms with Crippen molar-refractivity contribution >= 4 is 0 Å². The number of halogens is 1. The highest BCUT2D eigenvalue weighted by molar-refractivity contribution is 5.28. The molecule has 0 unspecified atom stereocenters. The number of rotatable bonds is 4. The molecule has 0 aliphatic rings. The van der Waals surface area contributed by atoms with Crippen molar-refractivity contribution in [2.45, 2.75) is 13.5 Å².